The van der Waals surface area contributed by atoms with Gasteiger partial charge < -0.3 is 10.5 Å². The van der Waals surface area contributed by atoms with Crippen LogP contribution in [0.1, 0.15) is 24.8 Å². The van der Waals surface area contributed by atoms with Crippen molar-refractivity contribution in [2.75, 3.05) is 19.7 Å². The molecule has 2 atom stereocenters. The first-order valence-corrected chi connectivity index (χ1v) is 8.88. The van der Waals surface area contributed by atoms with Gasteiger partial charge in [0.1, 0.15) is 0 Å². The van der Waals surface area contributed by atoms with Gasteiger partial charge in [0.05, 0.1) is 12.0 Å². The monoisotopic (exact) mass is 356 g/mol. The van der Waals surface area contributed by atoms with Crippen molar-refractivity contribution in [3.05, 3.63) is 33.8 Å². The summed E-state index contributed by atoms with van der Waals surface area (Å²) in [6.45, 7) is 3.32. The van der Waals surface area contributed by atoms with E-state index in [1.807, 2.05) is 18.2 Å². The van der Waals surface area contributed by atoms with Gasteiger partial charge in [-0.05, 0) is 50.4 Å². The highest BCUT2D eigenvalue weighted by Crippen LogP contribution is 2.34. The third-order valence-corrected chi connectivity index (χ3v) is 5.75. The van der Waals surface area contributed by atoms with E-state index in [9.17, 15) is 4.79 Å². The molecule has 2 saturated heterocycles. The van der Waals surface area contributed by atoms with Crippen LogP contribution in [0.2, 0.25) is 10.0 Å². The number of hydrogen-bond donors (Lipinski definition) is 1. The van der Waals surface area contributed by atoms with Gasteiger partial charge >= 0.3 is 0 Å². The minimum atomic E-state index is -0.224. The molecular weight excluding hydrogens is 335 g/mol. The van der Waals surface area contributed by atoms with Crippen LogP contribution in [-0.2, 0) is 16.1 Å². The molecule has 0 unspecified atom stereocenters. The average molecular weight is 357 g/mol. The summed E-state index contributed by atoms with van der Waals surface area (Å²) in [7, 11) is 0. The Balaban J connectivity index is 1.57. The van der Waals surface area contributed by atoms with Crippen molar-refractivity contribution in [3.8, 4) is 0 Å². The molecule has 1 aromatic carbocycles. The van der Waals surface area contributed by atoms with Gasteiger partial charge in [-0.1, -0.05) is 29.3 Å². The summed E-state index contributed by atoms with van der Waals surface area (Å²) in [4.78, 5) is 13.9. The van der Waals surface area contributed by atoms with E-state index >= 15 is 0 Å². The molecule has 3 rings (SSSR count). The summed E-state index contributed by atoms with van der Waals surface area (Å²) in [5, 5.41) is 1.43. The van der Waals surface area contributed by atoms with Gasteiger partial charge in [0.25, 0.3) is 0 Å². The lowest BCUT2D eigenvalue weighted by molar-refractivity contribution is -0.124. The van der Waals surface area contributed by atoms with Crippen molar-refractivity contribution in [2.45, 2.75) is 31.9 Å². The Labute approximate surface area is 146 Å². The smallest absolute Gasteiger partial charge is 0.223 e. The number of halogens is 2. The van der Waals surface area contributed by atoms with E-state index in [-0.39, 0.29) is 17.9 Å². The Bertz CT molecular complexity index is 553. The number of likely N-dealkylation sites (tertiary alicyclic amines) is 1. The number of carbonyl (C=O) groups excluding carboxylic acids is 1. The number of rotatable bonds is 4. The molecule has 2 fully saturated rings. The highest BCUT2D eigenvalue weighted by molar-refractivity contribution is 6.35. The molecule has 23 heavy (non-hydrogen) atoms. The number of carbonyl (C=O) groups is 1. The van der Waals surface area contributed by atoms with Gasteiger partial charge in [0.2, 0.25) is 5.91 Å². The molecule has 2 aliphatic rings. The Morgan fingerprint density at radius 3 is 2.48 bits per heavy atom. The maximum atomic E-state index is 11.5. The molecule has 0 saturated carbocycles. The summed E-state index contributed by atoms with van der Waals surface area (Å²) in [5.41, 5.74) is 6.49. The molecule has 0 aromatic heterocycles. The summed E-state index contributed by atoms with van der Waals surface area (Å²) >= 11 is 12.5. The van der Waals surface area contributed by atoms with Crippen molar-refractivity contribution in [3.63, 3.8) is 0 Å². The summed E-state index contributed by atoms with van der Waals surface area (Å²) in [6.07, 6.45) is 2.78. The topological polar surface area (TPSA) is 55.6 Å². The minimum absolute atomic E-state index is 0.00134. The first-order valence-electron chi connectivity index (χ1n) is 8.12. The fourth-order valence-electron chi connectivity index (χ4n) is 3.73. The molecule has 2 heterocycles. The van der Waals surface area contributed by atoms with Crippen molar-refractivity contribution in [1.82, 2.24) is 4.90 Å². The van der Waals surface area contributed by atoms with Crippen LogP contribution in [0.15, 0.2) is 18.2 Å². The Hall–Kier alpha value is -0.810. The lowest BCUT2D eigenvalue weighted by atomic mass is 9.84. The predicted octanol–water partition coefficient (Wildman–Crippen LogP) is 3.10. The van der Waals surface area contributed by atoms with Crippen LogP contribution in [0.4, 0.5) is 0 Å². The van der Waals surface area contributed by atoms with E-state index in [1.165, 1.54) is 0 Å². The van der Waals surface area contributed by atoms with Gasteiger partial charge in [-0.2, -0.15) is 0 Å². The maximum Gasteiger partial charge on any atom is 0.223 e. The van der Waals surface area contributed by atoms with E-state index in [0.717, 1.165) is 44.5 Å². The fourth-order valence-corrected chi connectivity index (χ4v) is 4.24. The quantitative estimate of drug-likeness (QED) is 0.901. The number of nitrogens with zero attached hydrogens (tertiary/aromatic N) is 1. The molecular formula is C17H22Cl2N2O2. The van der Waals surface area contributed by atoms with E-state index in [0.29, 0.717) is 22.6 Å². The molecule has 0 bridgehead atoms. The average Bonchev–Trinajstić information content (AvgIpc) is 3.01. The number of hydrogen-bond acceptors (Lipinski definition) is 3. The van der Waals surface area contributed by atoms with Crippen molar-refractivity contribution >= 4 is 29.1 Å². The number of benzene rings is 1. The van der Waals surface area contributed by atoms with Crippen LogP contribution >= 0.6 is 23.2 Å². The standard InChI is InChI=1S/C17H22Cl2N2O2/c18-14-2-1-3-15(19)13(14)10-21-7-4-11(5-8-21)16-12(17(20)22)6-9-23-16/h1-3,11-12,16H,4-10H2,(H2,20,22)/t12-,16+/m0/s1. The second kappa shape index (κ2) is 7.39. The van der Waals surface area contributed by atoms with Gasteiger partial charge in [-0.3, -0.25) is 9.69 Å². The number of amides is 1. The van der Waals surface area contributed by atoms with Crippen molar-refractivity contribution in [2.24, 2.45) is 17.6 Å². The number of ether oxygens (including phenoxy) is 1. The highest BCUT2D eigenvalue weighted by Gasteiger charge is 2.39. The molecule has 126 valence electrons. The fraction of sp³-hybridized carbons (Fsp3) is 0.588. The van der Waals surface area contributed by atoms with E-state index in [1.54, 1.807) is 0 Å². The lowest BCUT2D eigenvalue weighted by Crippen LogP contribution is -2.41. The zero-order chi connectivity index (χ0) is 16.4. The third kappa shape index (κ3) is 3.82. The SMILES string of the molecule is NC(=O)[C@H]1CCO[C@@H]1C1CCN(Cc2c(Cl)cccc2Cl)CC1. The van der Waals surface area contributed by atoms with Crippen LogP contribution < -0.4 is 5.73 Å². The first kappa shape index (κ1) is 17.0. The molecule has 4 nitrogen and oxygen atoms in total. The maximum absolute atomic E-state index is 11.5. The second-order valence-corrected chi connectivity index (χ2v) is 7.26. The molecule has 2 aliphatic heterocycles. The van der Waals surface area contributed by atoms with Gasteiger partial charge in [0, 0.05) is 28.8 Å². The van der Waals surface area contributed by atoms with Gasteiger partial charge in [-0.25, -0.2) is 0 Å². The molecule has 1 amide bonds. The van der Waals surface area contributed by atoms with E-state index < -0.39 is 0 Å². The molecule has 0 aliphatic carbocycles. The molecule has 0 spiro atoms. The summed E-state index contributed by atoms with van der Waals surface area (Å²) in [6, 6.07) is 5.61. The summed E-state index contributed by atoms with van der Waals surface area (Å²) in [5.74, 6) is 0.0651. The van der Waals surface area contributed by atoms with E-state index in [2.05, 4.69) is 4.90 Å². The van der Waals surface area contributed by atoms with Crippen molar-refractivity contribution < 1.29 is 9.53 Å². The summed E-state index contributed by atoms with van der Waals surface area (Å²) < 4.78 is 5.80. The highest BCUT2D eigenvalue weighted by atomic mass is 35.5. The number of piperidine rings is 1. The molecule has 0 radical (unpaired) electrons. The largest absolute Gasteiger partial charge is 0.377 e. The first-order chi connectivity index (χ1) is 11.1. The molecule has 6 heteroatoms. The third-order valence-electron chi connectivity index (χ3n) is 5.04. The zero-order valence-corrected chi connectivity index (χ0v) is 14.5. The van der Waals surface area contributed by atoms with Crippen molar-refractivity contribution in [1.29, 1.82) is 0 Å². The van der Waals surface area contributed by atoms with Crippen LogP contribution in [0.5, 0.6) is 0 Å². The van der Waals surface area contributed by atoms with Crippen LogP contribution in [0.3, 0.4) is 0 Å². The van der Waals surface area contributed by atoms with Gasteiger partial charge in [0.15, 0.2) is 0 Å². The predicted molar refractivity (Wildman–Crippen MR) is 91.5 cm³/mol. The number of primary amides is 1. The lowest BCUT2D eigenvalue weighted by Gasteiger charge is -2.36. The Morgan fingerprint density at radius 2 is 1.87 bits per heavy atom. The van der Waals surface area contributed by atoms with Crippen LogP contribution in [-0.4, -0.2) is 36.6 Å². The Kier molecular flexibility index (Phi) is 5.47. The second-order valence-electron chi connectivity index (χ2n) is 6.45. The van der Waals surface area contributed by atoms with Gasteiger partial charge in [-0.15, -0.1) is 0 Å². The normalized spacial score (nSPS) is 26.5. The zero-order valence-electron chi connectivity index (χ0n) is 13.0. The Morgan fingerprint density at radius 1 is 1.22 bits per heavy atom. The van der Waals surface area contributed by atoms with E-state index in [4.69, 9.17) is 33.7 Å². The van der Waals surface area contributed by atoms with Crippen LogP contribution in [0, 0.1) is 11.8 Å². The number of nitrogens with two attached hydrogens (primary N) is 1. The molecule has 1 aromatic rings. The van der Waals surface area contributed by atoms with Crippen LogP contribution in [0.25, 0.3) is 0 Å². The molecule has 2 N–H and O–H groups in total. The minimum Gasteiger partial charge on any atom is -0.377 e.